The Morgan fingerprint density at radius 3 is 2.71 bits per heavy atom. The Balaban J connectivity index is 1.50. The molecule has 3 heteroatoms. The monoisotopic (exact) mass is 371 g/mol. The van der Waals surface area contributed by atoms with E-state index in [2.05, 4.69) is 59.3 Å². The second-order valence-electron chi connectivity index (χ2n) is 8.59. The van der Waals surface area contributed by atoms with Crippen LogP contribution in [0, 0.1) is 0 Å². The van der Waals surface area contributed by atoms with Crippen LogP contribution in [-0.4, -0.2) is 29.5 Å². The number of anilines is 1. The van der Waals surface area contributed by atoms with Crippen LogP contribution in [0.15, 0.2) is 48.7 Å². The molecule has 2 heterocycles. The predicted molar refractivity (Wildman–Crippen MR) is 118 cm³/mol. The van der Waals surface area contributed by atoms with E-state index in [9.17, 15) is 0 Å². The van der Waals surface area contributed by atoms with E-state index in [0.29, 0.717) is 11.2 Å². The molecule has 3 aromatic rings. The molecule has 0 unspecified atom stereocenters. The lowest BCUT2D eigenvalue weighted by atomic mass is 9.73. The Hall–Kier alpha value is -2.39. The third-order valence-electron chi connectivity index (χ3n) is 7.05. The molecule has 1 spiro atoms. The number of rotatable bonds is 3. The zero-order valence-electron chi connectivity index (χ0n) is 16.7. The van der Waals surface area contributed by atoms with Gasteiger partial charge >= 0.3 is 0 Å². The van der Waals surface area contributed by atoms with Gasteiger partial charge in [-0.15, -0.1) is 0 Å². The van der Waals surface area contributed by atoms with Gasteiger partial charge in [0.05, 0.1) is 0 Å². The molecule has 0 bridgehead atoms. The van der Waals surface area contributed by atoms with E-state index in [1.54, 1.807) is 11.1 Å². The lowest BCUT2D eigenvalue weighted by Gasteiger charge is -2.40. The van der Waals surface area contributed by atoms with Crippen LogP contribution < -0.4 is 5.73 Å². The van der Waals surface area contributed by atoms with Crippen LogP contribution in [0.2, 0.25) is 0 Å². The van der Waals surface area contributed by atoms with Gasteiger partial charge in [-0.3, -0.25) is 0 Å². The largest absolute Gasteiger partial charge is 0.383 e. The lowest BCUT2D eigenvalue weighted by Crippen LogP contribution is -2.41. The first-order chi connectivity index (χ1) is 13.7. The Bertz CT molecular complexity index is 1020. The van der Waals surface area contributed by atoms with Gasteiger partial charge in [-0.2, -0.15) is 0 Å². The van der Waals surface area contributed by atoms with Crippen LogP contribution >= 0.6 is 0 Å². The van der Waals surface area contributed by atoms with Crippen molar-refractivity contribution in [2.45, 2.75) is 44.4 Å². The summed E-state index contributed by atoms with van der Waals surface area (Å²) < 4.78 is 0. The third-order valence-corrected chi connectivity index (χ3v) is 7.05. The summed E-state index contributed by atoms with van der Waals surface area (Å²) in [5.41, 5.74) is 12.3. The fraction of sp³-hybridized carbons (Fsp3) is 0.400. The Morgan fingerprint density at radius 1 is 1.04 bits per heavy atom. The predicted octanol–water partition coefficient (Wildman–Crippen LogP) is 5.17. The summed E-state index contributed by atoms with van der Waals surface area (Å²) in [6, 6.07) is 15.6. The minimum Gasteiger partial charge on any atom is -0.383 e. The summed E-state index contributed by atoms with van der Waals surface area (Å²) in [7, 11) is 0. The summed E-state index contributed by atoms with van der Waals surface area (Å²) in [6.07, 6.45) is 8.24. The van der Waals surface area contributed by atoms with Gasteiger partial charge in [0, 0.05) is 11.6 Å². The number of nitrogen functional groups attached to an aromatic ring is 1. The van der Waals surface area contributed by atoms with Crippen molar-refractivity contribution in [3.8, 4) is 11.1 Å². The number of benzene rings is 2. The van der Waals surface area contributed by atoms with Crippen LogP contribution in [-0.2, 0) is 11.8 Å². The molecule has 1 aliphatic heterocycles. The zero-order valence-corrected chi connectivity index (χ0v) is 16.7. The highest BCUT2D eigenvalue weighted by molar-refractivity contribution is 6.01. The Labute approximate surface area is 167 Å². The highest BCUT2D eigenvalue weighted by Crippen LogP contribution is 2.47. The first kappa shape index (κ1) is 17.7. The van der Waals surface area contributed by atoms with Gasteiger partial charge in [-0.1, -0.05) is 43.3 Å². The first-order valence-corrected chi connectivity index (χ1v) is 10.7. The molecule has 1 saturated heterocycles. The number of aromatic nitrogens is 1. The summed E-state index contributed by atoms with van der Waals surface area (Å²) in [6.45, 7) is 6.05. The number of aryl methyl sites for hydroxylation is 1. The fourth-order valence-corrected chi connectivity index (χ4v) is 5.52. The molecular formula is C25H29N3. The Kier molecular flexibility index (Phi) is 4.36. The minimum absolute atomic E-state index is 0.422. The summed E-state index contributed by atoms with van der Waals surface area (Å²) in [5.74, 6) is 0.610. The van der Waals surface area contributed by atoms with Crippen LogP contribution in [0.5, 0.6) is 0 Å². The van der Waals surface area contributed by atoms with Crippen molar-refractivity contribution in [1.29, 1.82) is 0 Å². The normalized spacial score (nSPS) is 18.6. The number of piperidine rings is 1. The molecule has 3 nitrogen and oxygen atoms in total. The van der Waals surface area contributed by atoms with Gasteiger partial charge in [0.1, 0.15) is 5.82 Å². The van der Waals surface area contributed by atoms with E-state index in [0.717, 1.165) is 5.39 Å². The van der Waals surface area contributed by atoms with Crippen LogP contribution in [0.25, 0.3) is 21.9 Å². The molecule has 0 radical (unpaired) electrons. The summed E-state index contributed by atoms with van der Waals surface area (Å²) in [4.78, 5) is 6.89. The van der Waals surface area contributed by atoms with Crippen molar-refractivity contribution in [3.63, 3.8) is 0 Å². The van der Waals surface area contributed by atoms with E-state index in [1.807, 2.05) is 6.20 Å². The number of nitrogens with two attached hydrogens (primary N) is 1. The maximum Gasteiger partial charge on any atom is 0.131 e. The van der Waals surface area contributed by atoms with Gasteiger partial charge in [-0.25, -0.2) is 4.98 Å². The lowest BCUT2D eigenvalue weighted by molar-refractivity contribution is 0.159. The minimum atomic E-state index is 0.422. The van der Waals surface area contributed by atoms with E-state index in [1.165, 1.54) is 68.3 Å². The quantitative estimate of drug-likeness (QED) is 0.690. The van der Waals surface area contributed by atoms with Crippen molar-refractivity contribution in [2.24, 2.45) is 0 Å². The summed E-state index contributed by atoms with van der Waals surface area (Å²) in [5, 5.41) is 2.23. The maximum absolute atomic E-state index is 6.10. The molecule has 2 aromatic carbocycles. The van der Waals surface area contributed by atoms with E-state index < -0.39 is 0 Å². The van der Waals surface area contributed by atoms with Gasteiger partial charge in [-0.05, 0) is 90.9 Å². The third kappa shape index (κ3) is 2.80. The van der Waals surface area contributed by atoms with Crippen molar-refractivity contribution in [2.75, 3.05) is 25.4 Å². The van der Waals surface area contributed by atoms with Crippen LogP contribution in [0.4, 0.5) is 5.82 Å². The van der Waals surface area contributed by atoms with E-state index in [4.69, 9.17) is 5.73 Å². The molecule has 0 atom stereocenters. The van der Waals surface area contributed by atoms with Crippen LogP contribution in [0.3, 0.4) is 0 Å². The topological polar surface area (TPSA) is 42.1 Å². The van der Waals surface area contributed by atoms with Gasteiger partial charge in [0.2, 0.25) is 0 Å². The highest BCUT2D eigenvalue weighted by Gasteiger charge is 2.40. The van der Waals surface area contributed by atoms with E-state index in [-0.39, 0.29) is 0 Å². The highest BCUT2D eigenvalue weighted by atomic mass is 15.1. The maximum atomic E-state index is 6.10. The van der Waals surface area contributed by atoms with Crippen molar-refractivity contribution >= 4 is 16.6 Å². The molecule has 1 aliphatic carbocycles. The molecule has 28 heavy (non-hydrogen) atoms. The molecule has 2 aliphatic rings. The molecule has 0 amide bonds. The molecule has 2 N–H and O–H groups in total. The standard InChI is InChI=1S/C25H29N3/c1-2-14-28-15-11-25(12-16-28)10-8-19-17-18(6-7-23(19)25)20-4-3-5-22-21(20)9-13-27-24(22)26/h3-7,9,13,17H,2,8,10-12,14-16H2,1H3,(H2,26,27). The second kappa shape index (κ2) is 6.89. The van der Waals surface area contributed by atoms with Gasteiger partial charge in [0.15, 0.2) is 0 Å². The molecular weight excluding hydrogens is 342 g/mol. The number of likely N-dealkylation sites (tertiary alicyclic amines) is 1. The Morgan fingerprint density at radius 2 is 1.89 bits per heavy atom. The number of pyridine rings is 1. The van der Waals surface area contributed by atoms with Crippen molar-refractivity contribution in [3.05, 3.63) is 59.8 Å². The molecule has 1 fully saturated rings. The number of hydrogen-bond donors (Lipinski definition) is 1. The average molecular weight is 372 g/mol. The van der Waals surface area contributed by atoms with Crippen molar-refractivity contribution in [1.82, 2.24) is 9.88 Å². The van der Waals surface area contributed by atoms with Gasteiger partial charge < -0.3 is 10.6 Å². The second-order valence-corrected chi connectivity index (χ2v) is 8.59. The SMILES string of the molecule is CCCN1CCC2(CCc3cc(-c4cccc5c(N)nccc45)ccc32)CC1. The molecule has 1 aromatic heterocycles. The van der Waals surface area contributed by atoms with Crippen LogP contribution in [0.1, 0.15) is 43.7 Å². The first-order valence-electron chi connectivity index (χ1n) is 10.7. The van der Waals surface area contributed by atoms with E-state index >= 15 is 0 Å². The number of nitrogens with zero attached hydrogens (tertiary/aromatic N) is 2. The molecule has 144 valence electrons. The zero-order chi connectivity index (χ0) is 19.1. The number of fused-ring (bicyclic) bond motifs is 3. The van der Waals surface area contributed by atoms with Gasteiger partial charge in [0.25, 0.3) is 0 Å². The molecule has 5 rings (SSSR count). The fourth-order valence-electron chi connectivity index (χ4n) is 5.52. The summed E-state index contributed by atoms with van der Waals surface area (Å²) >= 11 is 0. The van der Waals surface area contributed by atoms with Crippen molar-refractivity contribution < 1.29 is 0 Å². The number of hydrogen-bond acceptors (Lipinski definition) is 3. The molecule has 0 saturated carbocycles. The smallest absolute Gasteiger partial charge is 0.131 e. The average Bonchev–Trinajstić information content (AvgIpc) is 3.08.